The molecule has 0 unspecified atom stereocenters. The number of nitrogens with one attached hydrogen (secondary N) is 1. The fourth-order valence-corrected chi connectivity index (χ4v) is 3.56. The predicted octanol–water partition coefficient (Wildman–Crippen LogP) is 1.89. The van der Waals surface area contributed by atoms with E-state index in [0.717, 1.165) is 31.5 Å². The van der Waals surface area contributed by atoms with Crippen molar-refractivity contribution >= 4 is 0 Å². The zero-order chi connectivity index (χ0) is 11.2. The van der Waals surface area contributed by atoms with Gasteiger partial charge in [-0.1, -0.05) is 37.3 Å². The smallest absolute Gasteiger partial charge is 0.0905 e. The highest BCUT2D eigenvalue weighted by molar-refractivity contribution is 5.26. The third-order valence-electron chi connectivity index (χ3n) is 4.50. The third kappa shape index (κ3) is 1.40. The Labute approximate surface area is 96.7 Å². The van der Waals surface area contributed by atoms with Crippen LogP contribution in [0.2, 0.25) is 0 Å². The van der Waals surface area contributed by atoms with E-state index in [1.165, 1.54) is 0 Å². The summed E-state index contributed by atoms with van der Waals surface area (Å²) in [5.74, 6) is 0.623. The summed E-state index contributed by atoms with van der Waals surface area (Å²) < 4.78 is 0. The van der Waals surface area contributed by atoms with Gasteiger partial charge in [-0.05, 0) is 36.3 Å². The minimum absolute atomic E-state index is 0.282. The Bertz CT molecular complexity index is 391. The molecule has 1 saturated heterocycles. The van der Waals surface area contributed by atoms with Gasteiger partial charge in [0.2, 0.25) is 0 Å². The van der Waals surface area contributed by atoms with Crippen molar-refractivity contribution in [2.75, 3.05) is 13.1 Å². The lowest BCUT2D eigenvalue weighted by molar-refractivity contribution is 0.0302. The Morgan fingerprint density at radius 2 is 2.06 bits per heavy atom. The maximum absolute atomic E-state index is 10.8. The van der Waals surface area contributed by atoms with Crippen molar-refractivity contribution in [2.45, 2.75) is 25.4 Å². The molecule has 2 fully saturated rings. The van der Waals surface area contributed by atoms with Crippen LogP contribution in [-0.4, -0.2) is 18.2 Å². The highest BCUT2D eigenvalue weighted by Crippen LogP contribution is 2.54. The van der Waals surface area contributed by atoms with E-state index >= 15 is 0 Å². The second-order valence-corrected chi connectivity index (χ2v) is 5.76. The average molecular weight is 217 g/mol. The number of benzene rings is 1. The van der Waals surface area contributed by atoms with Gasteiger partial charge in [-0.25, -0.2) is 0 Å². The van der Waals surface area contributed by atoms with Crippen LogP contribution in [0.5, 0.6) is 0 Å². The Kier molecular flexibility index (Phi) is 2.13. The molecule has 1 saturated carbocycles. The van der Waals surface area contributed by atoms with Crippen molar-refractivity contribution in [3.63, 3.8) is 0 Å². The Morgan fingerprint density at radius 3 is 2.75 bits per heavy atom. The van der Waals surface area contributed by atoms with E-state index < -0.39 is 5.60 Å². The monoisotopic (exact) mass is 217 g/mol. The largest absolute Gasteiger partial charge is 0.385 e. The summed E-state index contributed by atoms with van der Waals surface area (Å²) >= 11 is 0. The SMILES string of the molecule is C[C@@]12CNC[C@@H]1C[C@@](O)(c1ccccc1)C2. The summed E-state index contributed by atoms with van der Waals surface area (Å²) in [5.41, 5.74) is 0.776. The quantitative estimate of drug-likeness (QED) is 0.753. The second kappa shape index (κ2) is 3.31. The molecule has 1 heterocycles. The summed E-state index contributed by atoms with van der Waals surface area (Å²) in [7, 11) is 0. The summed E-state index contributed by atoms with van der Waals surface area (Å²) in [6, 6.07) is 10.1. The summed E-state index contributed by atoms with van der Waals surface area (Å²) in [4.78, 5) is 0. The van der Waals surface area contributed by atoms with Crippen LogP contribution in [0.4, 0.5) is 0 Å². The van der Waals surface area contributed by atoms with Gasteiger partial charge < -0.3 is 10.4 Å². The van der Waals surface area contributed by atoms with Crippen molar-refractivity contribution in [3.05, 3.63) is 35.9 Å². The van der Waals surface area contributed by atoms with E-state index in [4.69, 9.17) is 0 Å². The van der Waals surface area contributed by atoms with Crippen LogP contribution >= 0.6 is 0 Å². The van der Waals surface area contributed by atoms with E-state index in [-0.39, 0.29) is 5.41 Å². The van der Waals surface area contributed by atoms with E-state index in [2.05, 4.69) is 24.4 Å². The van der Waals surface area contributed by atoms with Gasteiger partial charge in [-0.3, -0.25) is 0 Å². The Morgan fingerprint density at radius 1 is 1.31 bits per heavy atom. The molecule has 0 spiro atoms. The average Bonchev–Trinajstić information content (AvgIpc) is 2.71. The topological polar surface area (TPSA) is 32.3 Å². The van der Waals surface area contributed by atoms with Crippen LogP contribution in [0.25, 0.3) is 0 Å². The third-order valence-corrected chi connectivity index (χ3v) is 4.50. The maximum Gasteiger partial charge on any atom is 0.0905 e. The van der Waals surface area contributed by atoms with Crippen molar-refractivity contribution in [3.8, 4) is 0 Å². The first kappa shape index (κ1) is 10.3. The molecule has 0 aromatic heterocycles. The second-order valence-electron chi connectivity index (χ2n) is 5.76. The highest BCUT2D eigenvalue weighted by Gasteiger charge is 2.53. The lowest BCUT2D eigenvalue weighted by Crippen LogP contribution is -2.28. The minimum Gasteiger partial charge on any atom is -0.385 e. The van der Waals surface area contributed by atoms with Crippen molar-refractivity contribution in [2.24, 2.45) is 11.3 Å². The zero-order valence-electron chi connectivity index (χ0n) is 9.74. The van der Waals surface area contributed by atoms with Crippen molar-refractivity contribution in [1.82, 2.24) is 5.32 Å². The molecule has 2 heteroatoms. The summed E-state index contributed by atoms with van der Waals surface area (Å²) in [6.07, 6.45) is 1.79. The van der Waals surface area contributed by atoms with Gasteiger partial charge >= 0.3 is 0 Å². The first-order valence-corrected chi connectivity index (χ1v) is 6.11. The first-order valence-electron chi connectivity index (χ1n) is 6.11. The van der Waals surface area contributed by atoms with Gasteiger partial charge in [0.25, 0.3) is 0 Å². The van der Waals surface area contributed by atoms with Gasteiger partial charge in [-0.2, -0.15) is 0 Å². The molecule has 16 heavy (non-hydrogen) atoms. The van der Waals surface area contributed by atoms with Crippen LogP contribution in [-0.2, 0) is 5.60 Å². The van der Waals surface area contributed by atoms with E-state index in [1.807, 2.05) is 18.2 Å². The van der Waals surface area contributed by atoms with Crippen molar-refractivity contribution < 1.29 is 5.11 Å². The number of aliphatic hydroxyl groups is 1. The number of rotatable bonds is 1. The normalized spacial score (nSPS) is 42.2. The van der Waals surface area contributed by atoms with Crippen LogP contribution in [0, 0.1) is 11.3 Å². The fraction of sp³-hybridized carbons (Fsp3) is 0.571. The molecule has 0 amide bonds. The van der Waals surface area contributed by atoms with E-state index in [1.54, 1.807) is 0 Å². The van der Waals surface area contributed by atoms with Crippen LogP contribution < -0.4 is 5.32 Å². The minimum atomic E-state index is -0.594. The molecule has 3 atom stereocenters. The number of fused-ring (bicyclic) bond motifs is 1. The first-order chi connectivity index (χ1) is 7.62. The van der Waals surface area contributed by atoms with Crippen LogP contribution in [0.1, 0.15) is 25.3 Å². The van der Waals surface area contributed by atoms with Gasteiger partial charge in [-0.15, -0.1) is 0 Å². The summed E-state index contributed by atoms with van der Waals surface area (Å²) in [5, 5.41) is 14.2. The highest BCUT2D eigenvalue weighted by atomic mass is 16.3. The Hall–Kier alpha value is -0.860. The Balaban J connectivity index is 1.93. The molecule has 1 aromatic rings. The van der Waals surface area contributed by atoms with E-state index in [9.17, 15) is 5.11 Å². The lowest BCUT2D eigenvalue weighted by atomic mass is 9.82. The number of hydrogen-bond donors (Lipinski definition) is 2. The van der Waals surface area contributed by atoms with Gasteiger partial charge in [0, 0.05) is 6.54 Å². The van der Waals surface area contributed by atoms with Gasteiger partial charge in [0.15, 0.2) is 0 Å². The molecule has 1 aliphatic carbocycles. The molecule has 2 N–H and O–H groups in total. The molecule has 3 rings (SSSR count). The lowest BCUT2D eigenvalue weighted by Gasteiger charge is -2.27. The molecule has 0 bridgehead atoms. The molecule has 1 aromatic carbocycles. The predicted molar refractivity (Wildman–Crippen MR) is 64.0 cm³/mol. The number of hydrogen-bond acceptors (Lipinski definition) is 2. The van der Waals surface area contributed by atoms with Crippen LogP contribution in [0.3, 0.4) is 0 Å². The van der Waals surface area contributed by atoms with Gasteiger partial charge in [0.1, 0.15) is 0 Å². The fourth-order valence-electron chi connectivity index (χ4n) is 3.56. The molecule has 2 aliphatic rings. The van der Waals surface area contributed by atoms with Crippen molar-refractivity contribution in [1.29, 1.82) is 0 Å². The summed E-state index contributed by atoms with van der Waals surface area (Å²) in [6.45, 7) is 4.41. The van der Waals surface area contributed by atoms with Crippen LogP contribution in [0.15, 0.2) is 30.3 Å². The zero-order valence-corrected chi connectivity index (χ0v) is 9.74. The molecule has 2 nitrogen and oxygen atoms in total. The van der Waals surface area contributed by atoms with Gasteiger partial charge in [0.05, 0.1) is 5.60 Å². The molecule has 86 valence electrons. The maximum atomic E-state index is 10.8. The van der Waals surface area contributed by atoms with E-state index in [0.29, 0.717) is 5.92 Å². The molecule has 0 radical (unpaired) electrons. The standard InChI is InChI=1S/C14H19NO/c1-13-9-14(16,7-12(13)8-15-10-13)11-5-3-2-4-6-11/h2-6,12,15-16H,7-10H2,1H3/t12-,13+,14-/m0/s1. The molecular weight excluding hydrogens is 198 g/mol. The molecule has 1 aliphatic heterocycles. The molecular formula is C14H19NO.